The Morgan fingerprint density at radius 2 is 1.67 bits per heavy atom. The van der Waals surface area contributed by atoms with E-state index in [-0.39, 0.29) is 18.1 Å². The highest BCUT2D eigenvalue weighted by Gasteiger charge is 2.33. The second-order valence-electron chi connectivity index (χ2n) is 8.55. The first-order valence-corrected chi connectivity index (χ1v) is 11.0. The number of benzene rings is 3. The summed E-state index contributed by atoms with van der Waals surface area (Å²) in [6.45, 7) is 4.81. The highest BCUT2D eigenvalue weighted by Crippen LogP contribution is 2.38. The lowest BCUT2D eigenvalue weighted by atomic mass is 9.87. The molecular formula is C27H26F3NO2. The summed E-state index contributed by atoms with van der Waals surface area (Å²) in [4.78, 5) is 14.9. The summed E-state index contributed by atoms with van der Waals surface area (Å²) in [5, 5.41) is 0. The lowest BCUT2D eigenvalue weighted by Gasteiger charge is -2.38. The van der Waals surface area contributed by atoms with Gasteiger partial charge >= 0.3 is 12.1 Å². The number of fused-ring (bicyclic) bond motifs is 1. The van der Waals surface area contributed by atoms with Crippen LogP contribution in [0.2, 0.25) is 0 Å². The highest BCUT2D eigenvalue weighted by atomic mass is 19.4. The Labute approximate surface area is 191 Å². The zero-order valence-electron chi connectivity index (χ0n) is 18.6. The monoisotopic (exact) mass is 453 g/mol. The number of hydrogen-bond donors (Lipinski definition) is 0. The van der Waals surface area contributed by atoms with Gasteiger partial charge in [0.15, 0.2) is 0 Å². The average Bonchev–Trinajstić information content (AvgIpc) is 2.78. The van der Waals surface area contributed by atoms with E-state index in [0.717, 1.165) is 41.8 Å². The van der Waals surface area contributed by atoms with Gasteiger partial charge in [-0.25, -0.2) is 4.79 Å². The third-order valence-electron chi connectivity index (χ3n) is 5.89. The van der Waals surface area contributed by atoms with Crippen LogP contribution in [0.25, 0.3) is 0 Å². The van der Waals surface area contributed by atoms with E-state index in [2.05, 4.69) is 11.0 Å². The number of carbonyl (C=O) groups is 1. The summed E-state index contributed by atoms with van der Waals surface area (Å²) in [5.41, 5.74) is 3.73. The summed E-state index contributed by atoms with van der Waals surface area (Å²) in [5.74, 6) is -0.371. The molecule has 1 aliphatic heterocycles. The zero-order valence-corrected chi connectivity index (χ0v) is 18.6. The van der Waals surface area contributed by atoms with Gasteiger partial charge < -0.3 is 4.74 Å². The molecule has 1 heterocycles. The number of ether oxygens (including phenoxy) is 1. The molecule has 0 saturated carbocycles. The quantitative estimate of drug-likeness (QED) is 0.418. The molecule has 0 spiro atoms. The Kier molecular flexibility index (Phi) is 6.56. The molecular weight excluding hydrogens is 427 g/mol. The molecule has 0 saturated heterocycles. The van der Waals surface area contributed by atoms with Crippen LogP contribution in [0.4, 0.5) is 13.2 Å². The normalized spacial score (nSPS) is 16.5. The van der Waals surface area contributed by atoms with E-state index in [9.17, 15) is 18.0 Å². The van der Waals surface area contributed by atoms with Crippen molar-refractivity contribution in [2.45, 2.75) is 45.1 Å². The maximum atomic E-state index is 13.1. The average molecular weight is 454 g/mol. The maximum absolute atomic E-state index is 13.1. The third kappa shape index (κ3) is 5.11. The molecule has 0 radical (unpaired) electrons. The molecule has 1 unspecified atom stereocenters. The van der Waals surface area contributed by atoms with Gasteiger partial charge in [0.2, 0.25) is 0 Å². The summed E-state index contributed by atoms with van der Waals surface area (Å²) in [7, 11) is 0. The van der Waals surface area contributed by atoms with E-state index in [0.29, 0.717) is 12.1 Å². The molecule has 33 heavy (non-hydrogen) atoms. The molecule has 6 heteroatoms. The Balaban J connectivity index is 1.71. The molecule has 1 atom stereocenters. The Morgan fingerprint density at radius 3 is 2.36 bits per heavy atom. The van der Waals surface area contributed by atoms with Crippen molar-refractivity contribution in [2.24, 2.45) is 0 Å². The maximum Gasteiger partial charge on any atom is 0.416 e. The largest absolute Gasteiger partial charge is 0.459 e. The molecule has 3 aromatic rings. The second kappa shape index (κ2) is 9.40. The van der Waals surface area contributed by atoms with Crippen LogP contribution < -0.4 is 0 Å². The molecule has 0 bridgehead atoms. The van der Waals surface area contributed by atoms with Crippen LogP contribution in [0.5, 0.6) is 0 Å². The Bertz CT molecular complexity index is 1120. The van der Waals surface area contributed by atoms with E-state index in [1.54, 1.807) is 24.3 Å². The van der Waals surface area contributed by atoms with Crippen molar-refractivity contribution in [3.05, 3.63) is 106 Å². The van der Waals surface area contributed by atoms with Gasteiger partial charge in [-0.2, -0.15) is 13.2 Å². The van der Waals surface area contributed by atoms with E-state index in [4.69, 9.17) is 4.74 Å². The van der Waals surface area contributed by atoms with Crippen molar-refractivity contribution < 1.29 is 22.7 Å². The van der Waals surface area contributed by atoms with Gasteiger partial charge in [-0.1, -0.05) is 54.6 Å². The van der Waals surface area contributed by atoms with Crippen LogP contribution in [0.3, 0.4) is 0 Å². The number of halogens is 3. The molecule has 3 aromatic carbocycles. The lowest BCUT2D eigenvalue weighted by Crippen LogP contribution is -2.36. The second-order valence-corrected chi connectivity index (χ2v) is 8.55. The molecule has 4 rings (SSSR count). The van der Waals surface area contributed by atoms with Gasteiger partial charge in [-0.3, -0.25) is 4.90 Å². The van der Waals surface area contributed by atoms with Crippen molar-refractivity contribution in [3.63, 3.8) is 0 Å². The number of nitrogens with zero attached hydrogens (tertiary/aromatic N) is 1. The van der Waals surface area contributed by atoms with Crippen LogP contribution >= 0.6 is 0 Å². The molecule has 1 aliphatic rings. The van der Waals surface area contributed by atoms with Gasteiger partial charge in [-0.15, -0.1) is 0 Å². The number of rotatable bonds is 5. The fourth-order valence-electron chi connectivity index (χ4n) is 4.39. The van der Waals surface area contributed by atoms with Gasteiger partial charge in [0.25, 0.3) is 0 Å². The Morgan fingerprint density at radius 1 is 1.00 bits per heavy atom. The first-order chi connectivity index (χ1) is 15.7. The summed E-state index contributed by atoms with van der Waals surface area (Å²) >= 11 is 0. The number of carbonyl (C=O) groups excluding carboxylic acids is 1. The fourth-order valence-corrected chi connectivity index (χ4v) is 4.39. The number of hydrogen-bond acceptors (Lipinski definition) is 3. The minimum atomic E-state index is -4.38. The predicted molar refractivity (Wildman–Crippen MR) is 121 cm³/mol. The van der Waals surface area contributed by atoms with Crippen molar-refractivity contribution in [1.82, 2.24) is 4.90 Å². The van der Waals surface area contributed by atoms with Crippen LogP contribution in [-0.4, -0.2) is 23.5 Å². The first-order valence-electron chi connectivity index (χ1n) is 11.0. The molecule has 0 amide bonds. The van der Waals surface area contributed by atoms with Crippen LogP contribution in [0.1, 0.15) is 58.1 Å². The molecule has 0 aromatic heterocycles. The fraction of sp³-hybridized carbons (Fsp3) is 0.296. The number of alkyl halides is 3. The molecule has 3 nitrogen and oxygen atoms in total. The lowest BCUT2D eigenvalue weighted by molar-refractivity contribution is -0.137. The predicted octanol–water partition coefficient (Wildman–Crippen LogP) is 6.42. The smallest absolute Gasteiger partial charge is 0.416 e. The number of esters is 1. The highest BCUT2D eigenvalue weighted by molar-refractivity contribution is 5.91. The summed E-state index contributed by atoms with van der Waals surface area (Å²) in [6.07, 6.45) is -3.78. The van der Waals surface area contributed by atoms with Gasteiger partial charge in [0.05, 0.1) is 23.3 Å². The van der Waals surface area contributed by atoms with E-state index >= 15 is 0 Å². The van der Waals surface area contributed by atoms with Crippen molar-refractivity contribution in [2.75, 3.05) is 6.54 Å². The topological polar surface area (TPSA) is 29.5 Å². The van der Waals surface area contributed by atoms with Crippen molar-refractivity contribution >= 4 is 5.97 Å². The summed E-state index contributed by atoms with van der Waals surface area (Å²) in [6, 6.07) is 20.5. The van der Waals surface area contributed by atoms with Gasteiger partial charge in [0.1, 0.15) is 0 Å². The van der Waals surface area contributed by atoms with Gasteiger partial charge in [0, 0.05) is 13.1 Å². The van der Waals surface area contributed by atoms with Crippen molar-refractivity contribution in [3.8, 4) is 0 Å². The minimum Gasteiger partial charge on any atom is -0.459 e. The Hall–Kier alpha value is -3.12. The van der Waals surface area contributed by atoms with E-state index in [1.807, 2.05) is 44.2 Å². The van der Waals surface area contributed by atoms with Crippen LogP contribution in [0.15, 0.2) is 72.8 Å². The first kappa shape index (κ1) is 23.1. The minimum absolute atomic E-state index is 0.216. The third-order valence-corrected chi connectivity index (χ3v) is 5.89. The van der Waals surface area contributed by atoms with Crippen molar-refractivity contribution in [1.29, 1.82) is 0 Å². The molecule has 172 valence electrons. The van der Waals surface area contributed by atoms with E-state index < -0.39 is 11.7 Å². The SMILES string of the molecule is CC(C)OC(=O)c1ccccc1CN1CCc2ccccc2C1c1ccc(C(F)(F)F)cc1. The van der Waals surface area contributed by atoms with E-state index in [1.165, 1.54) is 5.56 Å². The summed E-state index contributed by atoms with van der Waals surface area (Å²) < 4.78 is 44.8. The van der Waals surface area contributed by atoms with Gasteiger partial charge in [-0.05, 0) is 60.7 Å². The molecule has 0 fully saturated rings. The molecule has 0 N–H and O–H groups in total. The van der Waals surface area contributed by atoms with Crippen LogP contribution in [0, 0.1) is 0 Å². The zero-order chi connectivity index (χ0) is 23.6. The van der Waals surface area contributed by atoms with Crippen LogP contribution in [-0.2, 0) is 23.9 Å². The standard InChI is InChI=1S/C27H26F3NO2/c1-18(2)33-26(32)24-10-6-4-8-21(24)17-31-16-15-19-7-3-5-9-23(19)25(31)20-11-13-22(14-12-20)27(28,29)30/h3-14,18,25H,15-17H2,1-2H3. The molecule has 0 aliphatic carbocycles.